The Bertz CT molecular complexity index is 437. The minimum Gasteiger partial charge on any atom is -0.397 e. The molecule has 2 fully saturated rings. The lowest BCUT2D eigenvalue weighted by Gasteiger charge is -2.21. The number of anilines is 2. The maximum absolute atomic E-state index is 13.6. The van der Waals surface area contributed by atoms with Crippen LogP contribution in [-0.2, 0) is 0 Å². The third-order valence-corrected chi connectivity index (χ3v) is 4.74. The van der Waals surface area contributed by atoms with Gasteiger partial charge in [-0.15, -0.1) is 0 Å². The molecule has 1 saturated carbocycles. The van der Waals surface area contributed by atoms with Crippen molar-refractivity contribution in [1.29, 1.82) is 0 Å². The molecule has 17 heavy (non-hydrogen) atoms. The molecule has 0 aromatic heterocycles. The lowest BCUT2D eigenvalue weighted by Crippen LogP contribution is -2.22. The van der Waals surface area contributed by atoms with E-state index in [1.165, 1.54) is 19.3 Å². The van der Waals surface area contributed by atoms with Crippen LogP contribution in [0.5, 0.6) is 0 Å². The topological polar surface area (TPSA) is 29.3 Å². The summed E-state index contributed by atoms with van der Waals surface area (Å²) in [5, 5.41) is 0. The molecule has 1 aromatic carbocycles. The molecule has 0 spiro atoms. The van der Waals surface area contributed by atoms with Crippen LogP contribution >= 0.6 is 15.9 Å². The van der Waals surface area contributed by atoms with Crippen molar-refractivity contribution in [1.82, 2.24) is 0 Å². The predicted octanol–water partition coefficient (Wildman–Crippen LogP) is 3.41. The zero-order valence-corrected chi connectivity index (χ0v) is 11.2. The fraction of sp³-hybridized carbons (Fsp3) is 0.538. The Morgan fingerprint density at radius 3 is 2.53 bits per heavy atom. The maximum Gasteiger partial charge on any atom is 0.139 e. The maximum atomic E-state index is 13.6. The minimum absolute atomic E-state index is 0.230. The van der Waals surface area contributed by atoms with Gasteiger partial charge in [0.2, 0.25) is 0 Å². The number of nitrogens with zero attached hydrogens (tertiary/aromatic N) is 1. The number of hydrogen-bond donors (Lipinski definition) is 1. The van der Waals surface area contributed by atoms with Crippen molar-refractivity contribution < 1.29 is 4.39 Å². The van der Waals surface area contributed by atoms with Crippen LogP contribution in [0.25, 0.3) is 0 Å². The van der Waals surface area contributed by atoms with Gasteiger partial charge >= 0.3 is 0 Å². The van der Waals surface area contributed by atoms with E-state index < -0.39 is 0 Å². The zero-order valence-electron chi connectivity index (χ0n) is 9.63. The van der Waals surface area contributed by atoms with Gasteiger partial charge in [0.1, 0.15) is 5.82 Å². The van der Waals surface area contributed by atoms with Gasteiger partial charge < -0.3 is 10.6 Å². The molecule has 1 heterocycles. The van der Waals surface area contributed by atoms with Gasteiger partial charge in [-0.2, -0.15) is 0 Å². The van der Waals surface area contributed by atoms with E-state index >= 15 is 0 Å². The molecular formula is C13H16BrFN2. The van der Waals surface area contributed by atoms with E-state index in [9.17, 15) is 4.39 Å². The largest absolute Gasteiger partial charge is 0.397 e. The van der Waals surface area contributed by atoms with E-state index in [4.69, 9.17) is 5.73 Å². The molecule has 1 aliphatic heterocycles. The lowest BCUT2D eigenvalue weighted by atomic mass is 10.0. The van der Waals surface area contributed by atoms with E-state index in [0.717, 1.165) is 30.6 Å². The fourth-order valence-corrected chi connectivity index (χ4v) is 3.62. The molecule has 2 unspecified atom stereocenters. The van der Waals surface area contributed by atoms with Gasteiger partial charge in [0, 0.05) is 19.2 Å². The third kappa shape index (κ3) is 1.92. The summed E-state index contributed by atoms with van der Waals surface area (Å²) in [4.78, 5) is 2.25. The van der Waals surface area contributed by atoms with Crippen LogP contribution < -0.4 is 10.6 Å². The van der Waals surface area contributed by atoms with Crippen molar-refractivity contribution in [3.63, 3.8) is 0 Å². The molecule has 2 aliphatic rings. The fourth-order valence-electron chi connectivity index (χ4n) is 3.26. The second-order valence-corrected chi connectivity index (χ2v) is 6.04. The first-order valence-corrected chi connectivity index (χ1v) is 6.94. The van der Waals surface area contributed by atoms with Gasteiger partial charge in [0.25, 0.3) is 0 Å². The van der Waals surface area contributed by atoms with E-state index in [1.54, 1.807) is 12.1 Å². The van der Waals surface area contributed by atoms with E-state index in [2.05, 4.69) is 20.8 Å². The van der Waals surface area contributed by atoms with Crippen molar-refractivity contribution >= 4 is 27.3 Å². The van der Waals surface area contributed by atoms with Crippen molar-refractivity contribution in [3.05, 3.63) is 22.4 Å². The Morgan fingerprint density at radius 2 is 1.88 bits per heavy atom. The number of rotatable bonds is 1. The Balaban J connectivity index is 1.88. The van der Waals surface area contributed by atoms with Crippen molar-refractivity contribution in [2.45, 2.75) is 19.3 Å². The highest BCUT2D eigenvalue weighted by molar-refractivity contribution is 9.10. The van der Waals surface area contributed by atoms with Gasteiger partial charge in [-0.1, -0.05) is 6.42 Å². The average Bonchev–Trinajstić information content (AvgIpc) is 2.83. The van der Waals surface area contributed by atoms with Crippen LogP contribution in [0, 0.1) is 17.7 Å². The van der Waals surface area contributed by atoms with E-state index in [0.29, 0.717) is 10.2 Å². The highest BCUT2D eigenvalue weighted by Crippen LogP contribution is 2.41. The highest BCUT2D eigenvalue weighted by Gasteiger charge is 2.36. The molecule has 92 valence electrons. The minimum atomic E-state index is -0.230. The smallest absolute Gasteiger partial charge is 0.139 e. The van der Waals surface area contributed by atoms with Crippen molar-refractivity contribution in [2.24, 2.45) is 11.8 Å². The molecule has 1 saturated heterocycles. The number of halogens is 2. The quantitative estimate of drug-likeness (QED) is 0.805. The van der Waals surface area contributed by atoms with Gasteiger partial charge in [0.15, 0.2) is 0 Å². The van der Waals surface area contributed by atoms with E-state index in [1.807, 2.05) is 0 Å². The van der Waals surface area contributed by atoms with E-state index in [-0.39, 0.29) is 5.82 Å². The van der Waals surface area contributed by atoms with Crippen LogP contribution in [0.15, 0.2) is 16.6 Å². The summed E-state index contributed by atoms with van der Waals surface area (Å²) in [5.41, 5.74) is 7.51. The molecule has 1 aromatic rings. The van der Waals surface area contributed by atoms with Crippen LogP contribution in [0.2, 0.25) is 0 Å². The molecule has 1 aliphatic carbocycles. The molecule has 4 heteroatoms. The molecular weight excluding hydrogens is 283 g/mol. The van der Waals surface area contributed by atoms with Crippen LogP contribution in [0.4, 0.5) is 15.8 Å². The zero-order chi connectivity index (χ0) is 12.0. The Labute approximate surface area is 109 Å². The number of nitrogen functional groups attached to an aromatic ring is 1. The standard InChI is InChI=1S/C13H16BrFN2/c14-10-4-12(16)13(5-11(10)15)17-6-8-2-1-3-9(8)7-17/h4-5,8-9H,1-3,6-7,16H2. The number of nitrogens with two attached hydrogens (primary N) is 1. The van der Waals surface area contributed by atoms with Crippen LogP contribution in [0.1, 0.15) is 19.3 Å². The summed E-state index contributed by atoms with van der Waals surface area (Å²) in [6.45, 7) is 2.08. The third-order valence-electron chi connectivity index (χ3n) is 4.14. The normalized spacial score (nSPS) is 27.5. The number of benzene rings is 1. The summed E-state index contributed by atoms with van der Waals surface area (Å²) in [6, 6.07) is 3.22. The summed E-state index contributed by atoms with van der Waals surface area (Å²) >= 11 is 3.16. The van der Waals surface area contributed by atoms with Crippen molar-refractivity contribution in [2.75, 3.05) is 23.7 Å². The molecule has 0 amide bonds. The van der Waals surface area contributed by atoms with Crippen LogP contribution in [-0.4, -0.2) is 13.1 Å². The van der Waals surface area contributed by atoms with Gasteiger partial charge in [-0.05, 0) is 46.7 Å². The summed E-state index contributed by atoms with van der Waals surface area (Å²) in [5.74, 6) is 1.36. The average molecular weight is 299 g/mol. The summed E-state index contributed by atoms with van der Waals surface area (Å²) < 4.78 is 14.0. The molecule has 3 rings (SSSR count). The predicted molar refractivity (Wildman–Crippen MR) is 71.6 cm³/mol. The molecule has 2 nitrogen and oxygen atoms in total. The Kier molecular flexibility index (Phi) is 2.77. The van der Waals surface area contributed by atoms with Gasteiger partial charge in [0.05, 0.1) is 15.8 Å². The molecule has 2 atom stereocenters. The SMILES string of the molecule is Nc1cc(Br)c(F)cc1N1CC2CCCC2C1. The first-order valence-electron chi connectivity index (χ1n) is 6.14. The second-order valence-electron chi connectivity index (χ2n) is 5.18. The summed E-state index contributed by atoms with van der Waals surface area (Å²) in [6.07, 6.45) is 3.99. The Morgan fingerprint density at radius 1 is 1.24 bits per heavy atom. The van der Waals surface area contributed by atoms with Crippen molar-refractivity contribution in [3.8, 4) is 0 Å². The molecule has 0 bridgehead atoms. The number of fused-ring (bicyclic) bond motifs is 1. The molecule has 0 radical (unpaired) electrons. The first kappa shape index (κ1) is 11.3. The second kappa shape index (κ2) is 4.16. The summed E-state index contributed by atoms with van der Waals surface area (Å²) in [7, 11) is 0. The van der Waals surface area contributed by atoms with Crippen LogP contribution in [0.3, 0.4) is 0 Å². The van der Waals surface area contributed by atoms with Gasteiger partial charge in [-0.25, -0.2) is 4.39 Å². The molecule has 2 N–H and O–H groups in total. The first-order chi connectivity index (χ1) is 8.15. The Hall–Kier alpha value is -0.770. The highest BCUT2D eigenvalue weighted by atomic mass is 79.9. The van der Waals surface area contributed by atoms with Gasteiger partial charge in [-0.3, -0.25) is 0 Å². The monoisotopic (exact) mass is 298 g/mol. The number of hydrogen-bond acceptors (Lipinski definition) is 2. The lowest BCUT2D eigenvalue weighted by molar-refractivity contribution is 0.494.